The standard InChI is InChI=1S/C14H18N2O3S/c1-8(17)15-10-6-4-9(5-7-10)12-16-11(13(18)19)14(2,3)20-12/h4-7,11-12,16H,1-3H3,(H,15,17)(H,18,19)/t11-,12-/m0/s1. The second-order valence-electron chi connectivity index (χ2n) is 5.34. The van der Waals surface area contributed by atoms with Crippen molar-refractivity contribution < 1.29 is 14.7 Å². The van der Waals surface area contributed by atoms with Gasteiger partial charge in [-0.2, -0.15) is 0 Å². The van der Waals surface area contributed by atoms with E-state index in [-0.39, 0.29) is 16.0 Å². The summed E-state index contributed by atoms with van der Waals surface area (Å²) in [5, 5.41) is 15.0. The van der Waals surface area contributed by atoms with Crippen LogP contribution >= 0.6 is 11.8 Å². The van der Waals surface area contributed by atoms with Crippen molar-refractivity contribution in [2.75, 3.05) is 5.32 Å². The van der Waals surface area contributed by atoms with Crippen LogP contribution in [0, 0.1) is 0 Å². The molecule has 1 amide bonds. The molecule has 0 bridgehead atoms. The highest BCUT2D eigenvalue weighted by Gasteiger charge is 2.45. The molecule has 1 aliphatic heterocycles. The van der Waals surface area contributed by atoms with E-state index in [9.17, 15) is 14.7 Å². The average molecular weight is 294 g/mol. The van der Waals surface area contributed by atoms with Crippen molar-refractivity contribution >= 4 is 29.3 Å². The number of carboxylic acid groups (broad SMARTS) is 1. The molecule has 20 heavy (non-hydrogen) atoms. The fourth-order valence-electron chi connectivity index (χ4n) is 2.24. The first kappa shape index (κ1) is 14.9. The van der Waals surface area contributed by atoms with Crippen LogP contribution < -0.4 is 10.6 Å². The van der Waals surface area contributed by atoms with Crippen LogP contribution in [0.4, 0.5) is 5.69 Å². The van der Waals surface area contributed by atoms with Gasteiger partial charge < -0.3 is 10.4 Å². The van der Waals surface area contributed by atoms with E-state index in [1.165, 1.54) is 6.92 Å². The Kier molecular flexibility index (Phi) is 4.06. The summed E-state index contributed by atoms with van der Waals surface area (Å²) in [6.45, 7) is 5.31. The van der Waals surface area contributed by atoms with Crippen LogP contribution in [0.3, 0.4) is 0 Å². The van der Waals surface area contributed by atoms with E-state index in [1.807, 2.05) is 38.1 Å². The summed E-state index contributed by atoms with van der Waals surface area (Å²) >= 11 is 1.60. The number of carbonyl (C=O) groups is 2. The molecular weight excluding hydrogens is 276 g/mol. The van der Waals surface area contributed by atoms with Gasteiger partial charge in [-0.3, -0.25) is 14.9 Å². The van der Waals surface area contributed by atoms with Crippen molar-refractivity contribution in [3.63, 3.8) is 0 Å². The number of amides is 1. The first-order valence-electron chi connectivity index (χ1n) is 6.34. The van der Waals surface area contributed by atoms with E-state index in [1.54, 1.807) is 11.8 Å². The quantitative estimate of drug-likeness (QED) is 0.796. The molecule has 1 aromatic rings. The lowest BCUT2D eigenvalue weighted by atomic mass is 10.0. The predicted octanol–water partition coefficient (Wildman–Crippen LogP) is 2.21. The molecule has 0 spiro atoms. The Morgan fingerprint density at radius 3 is 2.35 bits per heavy atom. The fourth-order valence-corrected chi connectivity index (χ4v) is 3.65. The van der Waals surface area contributed by atoms with Crippen LogP contribution in [0.25, 0.3) is 0 Å². The number of thioether (sulfide) groups is 1. The van der Waals surface area contributed by atoms with Gasteiger partial charge in [0.2, 0.25) is 5.91 Å². The number of benzene rings is 1. The van der Waals surface area contributed by atoms with Crippen LogP contribution in [0.15, 0.2) is 24.3 Å². The van der Waals surface area contributed by atoms with Crippen molar-refractivity contribution in [1.82, 2.24) is 5.32 Å². The molecule has 1 saturated heterocycles. The van der Waals surface area contributed by atoms with Crippen LogP contribution in [-0.2, 0) is 9.59 Å². The highest BCUT2D eigenvalue weighted by atomic mass is 32.2. The molecule has 2 atom stereocenters. The Hall–Kier alpha value is -1.53. The first-order chi connectivity index (χ1) is 9.29. The van der Waals surface area contributed by atoms with Gasteiger partial charge in [-0.1, -0.05) is 12.1 Å². The van der Waals surface area contributed by atoms with Crippen molar-refractivity contribution in [3.05, 3.63) is 29.8 Å². The number of hydrogen-bond donors (Lipinski definition) is 3. The molecule has 0 radical (unpaired) electrons. The van der Waals surface area contributed by atoms with Gasteiger partial charge >= 0.3 is 5.97 Å². The van der Waals surface area contributed by atoms with Crippen molar-refractivity contribution in [2.45, 2.75) is 36.9 Å². The molecule has 108 valence electrons. The summed E-state index contributed by atoms with van der Waals surface area (Å²) in [5.74, 6) is -0.946. The summed E-state index contributed by atoms with van der Waals surface area (Å²) in [7, 11) is 0. The average Bonchev–Trinajstić information content (AvgIpc) is 2.65. The molecule has 0 unspecified atom stereocenters. The molecule has 1 aliphatic rings. The van der Waals surface area contributed by atoms with Crippen molar-refractivity contribution in [1.29, 1.82) is 0 Å². The highest BCUT2D eigenvalue weighted by Crippen LogP contribution is 2.45. The van der Waals surface area contributed by atoms with Crippen LogP contribution in [0.5, 0.6) is 0 Å². The lowest BCUT2D eigenvalue weighted by Gasteiger charge is -2.20. The molecule has 0 aliphatic carbocycles. The van der Waals surface area contributed by atoms with E-state index in [4.69, 9.17) is 0 Å². The van der Waals surface area contributed by atoms with Gasteiger partial charge in [0.05, 0.1) is 5.37 Å². The molecule has 0 saturated carbocycles. The van der Waals surface area contributed by atoms with Crippen molar-refractivity contribution in [2.24, 2.45) is 0 Å². The van der Waals surface area contributed by atoms with Gasteiger partial charge in [0, 0.05) is 17.4 Å². The predicted molar refractivity (Wildman–Crippen MR) is 79.7 cm³/mol. The van der Waals surface area contributed by atoms with Crippen molar-refractivity contribution in [3.8, 4) is 0 Å². The minimum absolute atomic E-state index is 0.0579. The third kappa shape index (κ3) is 3.13. The number of aliphatic carboxylic acids is 1. The van der Waals surface area contributed by atoms with Gasteiger partial charge in [0.1, 0.15) is 6.04 Å². The Morgan fingerprint density at radius 1 is 1.30 bits per heavy atom. The lowest BCUT2D eigenvalue weighted by Crippen LogP contribution is -2.43. The van der Waals surface area contributed by atoms with E-state index in [0.29, 0.717) is 0 Å². The van der Waals surface area contributed by atoms with Gasteiger partial charge in [-0.05, 0) is 31.5 Å². The fraction of sp³-hybridized carbons (Fsp3) is 0.429. The summed E-state index contributed by atoms with van der Waals surface area (Å²) < 4.78 is -0.368. The second-order valence-corrected chi connectivity index (χ2v) is 7.10. The third-order valence-corrected chi connectivity index (χ3v) is 4.70. The molecule has 1 fully saturated rings. The van der Waals surface area contributed by atoms with Crippen LogP contribution in [0.1, 0.15) is 31.7 Å². The summed E-state index contributed by atoms with van der Waals surface area (Å²) in [4.78, 5) is 22.2. The van der Waals surface area contributed by atoms with Crippen LogP contribution in [0.2, 0.25) is 0 Å². The summed E-state index contributed by atoms with van der Waals surface area (Å²) in [6.07, 6.45) is 0. The number of nitrogens with one attached hydrogen (secondary N) is 2. The SMILES string of the molecule is CC(=O)Nc1ccc([C@H]2N[C@@H](C(=O)O)C(C)(C)S2)cc1. The monoisotopic (exact) mass is 294 g/mol. The smallest absolute Gasteiger partial charge is 0.322 e. The molecule has 1 heterocycles. The topological polar surface area (TPSA) is 78.4 Å². The Morgan fingerprint density at radius 2 is 1.90 bits per heavy atom. The molecular formula is C14H18N2O3S. The van der Waals surface area contributed by atoms with E-state index >= 15 is 0 Å². The Bertz CT molecular complexity index is 528. The Balaban J connectivity index is 2.13. The molecule has 5 nitrogen and oxygen atoms in total. The molecule has 1 aromatic carbocycles. The van der Waals surface area contributed by atoms with Crippen LogP contribution in [-0.4, -0.2) is 27.8 Å². The maximum absolute atomic E-state index is 11.2. The Labute approximate surface area is 122 Å². The summed E-state index contributed by atoms with van der Waals surface area (Å²) in [5.41, 5.74) is 1.74. The second kappa shape index (κ2) is 5.46. The minimum atomic E-state index is -0.833. The van der Waals surface area contributed by atoms with Gasteiger partial charge in [-0.25, -0.2) is 0 Å². The van der Waals surface area contributed by atoms with Gasteiger partial charge in [0.15, 0.2) is 0 Å². The van der Waals surface area contributed by atoms with E-state index in [2.05, 4.69) is 10.6 Å². The van der Waals surface area contributed by atoms with Gasteiger partial charge in [-0.15, -0.1) is 11.8 Å². The third-order valence-electron chi connectivity index (χ3n) is 3.22. The molecule has 3 N–H and O–H groups in total. The van der Waals surface area contributed by atoms with E-state index < -0.39 is 12.0 Å². The zero-order chi connectivity index (χ0) is 14.9. The molecule has 6 heteroatoms. The molecule has 0 aromatic heterocycles. The number of carbonyl (C=O) groups excluding carboxylic acids is 1. The first-order valence-corrected chi connectivity index (χ1v) is 7.22. The number of anilines is 1. The lowest BCUT2D eigenvalue weighted by molar-refractivity contribution is -0.139. The normalized spacial score (nSPS) is 24.4. The van der Waals surface area contributed by atoms with Gasteiger partial charge in [0.25, 0.3) is 0 Å². The maximum atomic E-state index is 11.2. The van der Waals surface area contributed by atoms with E-state index in [0.717, 1.165) is 11.3 Å². The summed E-state index contributed by atoms with van der Waals surface area (Å²) in [6, 6.07) is 6.86. The zero-order valence-electron chi connectivity index (χ0n) is 11.6. The largest absolute Gasteiger partial charge is 0.480 e. The highest BCUT2D eigenvalue weighted by molar-refractivity contribution is 8.01. The number of hydrogen-bond acceptors (Lipinski definition) is 4. The maximum Gasteiger partial charge on any atom is 0.322 e. The molecule has 2 rings (SSSR count). The minimum Gasteiger partial charge on any atom is -0.480 e. The number of carboxylic acids is 1. The number of rotatable bonds is 3. The zero-order valence-corrected chi connectivity index (χ0v) is 12.5.